The van der Waals surface area contributed by atoms with E-state index in [0.29, 0.717) is 0 Å². The van der Waals surface area contributed by atoms with Crippen LogP contribution in [0.15, 0.2) is 0 Å². The van der Waals surface area contributed by atoms with Gasteiger partial charge in [0.25, 0.3) is 0 Å². The Balaban J connectivity index is 1.85. The van der Waals surface area contributed by atoms with Crippen molar-refractivity contribution >= 4 is 11.9 Å². The third-order valence-electron chi connectivity index (χ3n) is 6.46. The van der Waals surface area contributed by atoms with Crippen LogP contribution in [0.4, 0.5) is 0 Å². The number of carboxylic acid groups (broad SMARTS) is 1. The highest BCUT2D eigenvalue weighted by Crippen LogP contribution is 2.32. The van der Waals surface area contributed by atoms with Crippen LogP contribution in [0.5, 0.6) is 0 Å². The second-order valence-corrected chi connectivity index (χ2v) is 9.11. The van der Waals surface area contributed by atoms with Crippen LogP contribution >= 0.6 is 0 Å². The number of ether oxygens (including phenoxy) is 5. The van der Waals surface area contributed by atoms with Gasteiger partial charge in [-0.3, -0.25) is 4.79 Å². The maximum atomic E-state index is 11.6. The van der Waals surface area contributed by atoms with Crippen LogP contribution in [0, 0.1) is 0 Å². The Hall–Kier alpha value is -1.62. The molecule has 15 atom stereocenters. The van der Waals surface area contributed by atoms with E-state index in [9.17, 15) is 60.7 Å². The van der Waals surface area contributed by atoms with Crippen LogP contribution in [-0.4, -0.2) is 168 Å². The predicted octanol–water partition coefficient (Wildman–Crippen LogP) is -7.34. The smallest absolute Gasteiger partial charge is 0.335 e. The molecule has 0 aromatic heterocycles. The summed E-state index contributed by atoms with van der Waals surface area (Å²) in [5.41, 5.74) is 0. The summed E-state index contributed by atoms with van der Waals surface area (Å²) < 4.78 is 26.4. The molecule has 11 N–H and O–H groups in total. The molecule has 0 aromatic rings. The predicted molar refractivity (Wildman–Crippen MR) is 113 cm³/mol. The Morgan fingerprint density at radius 1 is 0.711 bits per heavy atom. The van der Waals surface area contributed by atoms with E-state index >= 15 is 0 Å². The number of nitrogens with one attached hydrogen (secondary N) is 1. The number of aliphatic hydroxyl groups is 9. The lowest BCUT2D eigenvalue weighted by atomic mass is 9.95. The van der Waals surface area contributed by atoms with E-state index in [1.165, 1.54) is 0 Å². The number of carboxylic acids is 1. The third kappa shape index (κ3) is 6.24. The number of aliphatic carboxylic acids is 1. The van der Waals surface area contributed by atoms with Crippen LogP contribution < -0.4 is 5.32 Å². The van der Waals surface area contributed by atoms with Crippen LogP contribution in [0.1, 0.15) is 6.92 Å². The van der Waals surface area contributed by atoms with Crippen molar-refractivity contribution < 1.29 is 84.3 Å². The number of carbonyl (C=O) groups is 2. The van der Waals surface area contributed by atoms with Gasteiger partial charge in [0.1, 0.15) is 67.1 Å². The molecule has 38 heavy (non-hydrogen) atoms. The molecule has 0 bridgehead atoms. The number of hydrogen-bond acceptors (Lipinski definition) is 16. The third-order valence-corrected chi connectivity index (χ3v) is 6.46. The zero-order chi connectivity index (χ0) is 28.5. The molecule has 3 heterocycles. The van der Waals surface area contributed by atoms with Gasteiger partial charge >= 0.3 is 5.97 Å². The molecule has 0 aromatic carbocycles. The van der Waals surface area contributed by atoms with Crippen LogP contribution in [-0.2, 0) is 33.3 Å². The normalized spacial score (nSPS) is 47.9. The van der Waals surface area contributed by atoms with Gasteiger partial charge in [-0.1, -0.05) is 0 Å². The van der Waals surface area contributed by atoms with Gasteiger partial charge in [-0.15, -0.1) is 0 Å². The second-order valence-electron chi connectivity index (χ2n) is 9.11. The van der Waals surface area contributed by atoms with Crippen molar-refractivity contribution in [3.63, 3.8) is 0 Å². The van der Waals surface area contributed by atoms with Crippen molar-refractivity contribution in [3.8, 4) is 0 Å². The van der Waals surface area contributed by atoms with E-state index in [2.05, 4.69) is 5.32 Å². The van der Waals surface area contributed by atoms with Crippen molar-refractivity contribution in [2.75, 3.05) is 13.2 Å². The summed E-state index contributed by atoms with van der Waals surface area (Å²) in [6, 6.07) is -1.45. The topological polar surface area (TPSA) is 295 Å². The average Bonchev–Trinajstić information content (AvgIpc) is 2.86. The molecule has 0 aliphatic carbocycles. The molecular weight excluding hydrogens is 526 g/mol. The summed E-state index contributed by atoms with van der Waals surface area (Å²) in [6.45, 7) is -0.569. The van der Waals surface area contributed by atoms with E-state index in [1.54, 1.807) is 0 Å². The van der Waals surface area contributed by atoms with E-state index in [-0.39, 0.29) is 0 Å². The minimum Gasteiger partial charge on any atom is -0.479 e. The van der Waals surface area contributed by atoms with Crippen molar-refractivity contribution in [2.45, 2.75) is 99.0 Å². The zero-order valence-electron chi connectivity index (χ0n) is 19.9. The van der Waals surface area contributed by atoms with Crippen molar-refractivity contribution in [1.29, 1.82) is 0 Å². The molecule has 0 spiro atoms. The number of rotatable bonds is 8. The summed E-state index contributed by atoms with van der Waals surface area (Å²) in [4.78, 5) is 23.0. The summed E-state index contributed by atoms with van der Waals surface area (Å²) in [7, 11) is 0. The first-order valence-electron chi connectivity index (χ1n) is 11.6. The van der Waals surface area contributed by atoms with Gasteiger partial charge in [0.05, 0.1) is 13.2 Å². The van der Waals surface area contributed by atoms with Crippen LogP contribution in [0.25, 0.3) is 0 Å². The molecule has 0 radical (unpaired) electrons. The zero-order valence-corrected chi connectivity index (χ0v) is 19.9. The summed E-state index contributed by atoms with van der Waals surface area (Å²) in [6.07, 6.45) is -25.8. The molecule has 3 fully saturated rings. The molecule has 3 aliphatic rings. The van der Waals surface area contributed by atoms with Crippen molar-refractivity contribution in [2.24, 2.45) is 0 Å². The molecule has 18 nitrogen and oxygen atoms in total. The van der Waals surface area contributed by atoms with E-state index in [0.717, 1.165) is 6.92 Å². The first-order chi connectivity index (χ1) is 17.8. The lowest BCUT2D eigenvalue weighted by molar-refractivity contribution is -0.370. The summed E-state index contributed by atoms with van der Waals surface area (Å²) in [5, 5.41) is 103. The fourth-order valence-electron chi connectivity index (χ4n) is 4.44. The van der Waals surface area contributed by atoms with Crippen molar-refractivity contribution in [3.05, 3.63) is 0 Å². The molecule has 3 rings (SSSR count). The first-order valence-corrected chi connectivity index (χ1v) is 11.6. The van der Waals surface area contributed by atoms with Gasteiger partial charge < -0.3 is 80.1 Å². The molecule has 18 heteroatoms. The number of amides is 1. The Morgan fingerprint density at radius 3 is 1.79 bits per heavy atom. The fraction of sp³-hybridized carbons (Fsp3) is 0.900. The minimum absolute atomic E-state index is 0.673. The SMILES string of the molecule is CC(=O)N[C@H]1C(O)O[C@H](CO)[C@H](O)[C@@H]1O[C@@H]1O[C@H](CO)[C@H](O)[C@H](O[C@@H]2O[C@H](C(=O)O)[C@@H](O)[C@H](O)[C@H]2O)[C@H]1O. The van der Waals surface area contributed by atoms with E-state index in [1.807, 2.05) is 0 Å². The average molecular weight is 559 g/mol. The Labute approximate surface area is 214 Å². The van der Waals surface area contributed by atoms with Gasteiger partial charge in [-0.05, 0) is 0 Å². The van der Waals surface area contributed by atoms with Gasteiger partial charge in [-0.2, -0.15) is 0 Å². The molecule has 3 aliphatic heterocycles. The highest BCUT2D eigenvalue weighted by atomic mass is 16.7. The second kappa shape index (κ2) is 12.7. The lowest BCUT2D eigenvalue weighted by Crippen LogP contribution is -2.68. The number of carbonyl (C=O) groups excluding carboxylic acids is 1. The quantitative estimate of drug-likeness (QED) is 0.132. The fourth-order valence-corrected chi connectivity index (χ4v) is 4.44. The minimum atomic E-state index is -2.06. The van der Waals surface area contributed by atoms with Gasteiger partial charge in [0, 0.05) is 6.92 Å². The van der Waals surface area contributed by atoms with Gasteiger partial charge in [-0.25, -0.2) is 4.79 Å². The van der Waals surface area contributed by atoms with Gasteiger partial charge in [0.15, 0.2) is 25.0 Å². The van der Waals surface area contributed by atoms with Crippen LogP contribution in [0.3, 0.4) is 0 Å². The maximum Gasteiger partial charge on any atom is 0.335 e. The molecule has 220 valence electrons. The number of aliphatic hydroxyl groups excluding tert-OH is 9. The van der Waals surface area contributed by atoms with E-state index in [4.69, 9.17) is 23.7 Å². The largest absolute Gasteiger partial charge is 0.479 e. The Morgan fingerprint density at radius 2 is 1.24 bits per heavy atom. The lowest BCUT2D eigenvalue weighted by Gasteiger charge is -2.48. The highest BCUT2D eigenvalue weighted by molar-refractivity contribution is 5.73. The van der Waals surface area contributed by atoms with E-state index < -0.39 is 117 Å². The summed E-state index contributed by atoms with van der Waals surface area (Å²) >= 11 is 0. The molecule has 1 amide bonds. The van der Waals surface area contributed by atoms with Crippen molar-refractivity contribution in [1.82, 2.24) is 5.32 Å². The first kappa shape index (κ1) is 30.9. The monoisotopic (exact) mass is 559 g/mol. The molecule has 3 saturated heterocycles. The Kier molecular flexibility index (Phi) is 10.3. The maximum absolute atomic E-state index is 11.6. The van der Waals surface area contributed by atoms with Crippen LogP contribution in [0.2, 0.25) is 0 Å². The highest BCUT2D eigenvalue weighted by Gasteiger charge is 2.54. The molecule has 1 unspecified atom stereocenters. The number of hydrogen-bond donors (Lipinski definition) is 11. The standard InChI is InChI=1S/C20H33NO17/c1-4(24)21-7-14(8(25)5(2-22)34-18(7)33)36-20-13(30)15(9(26)6(3-23)35-20)37-19-12(29)10(27)11(28)16(38-19)17(31)32/h5-16,18-20,22-23,25-30,33H,2-3H2,1H3,(H,21,24)(H,31,32)/t5-,6-,7-,8+,9+,10+,11+,12-,13-,14-,15+,16+,18?,19-,20+/m1/s1. The Bertz CT molecular complexity index is 818. The molecular formula is C20H33NO17. The molecule has 0 saturated carbocycles. The van der Waals surface area contributed by atoms with Gasteiger partial charge in [0.2, 0.25) is 5.91 Å². The summed E-state index contributed by atoms with van der Waals surface area (Å²) in [5.74, 6) is -2.39.